The first kappa shape index (κ1) is 20.6. The fourth-order valence-electron chi connectivity index (χ4n) is 2.41. The highest BCUT2D eigenvalue weighted by Gasteiger charge is 2.31. The van der Waals surface area contributed by atoms with E-state index in [1.54, 1.807) is 0 Å². The number of thioether (sulfide) groups is 1. The monoisotopic (exact) mass is 389 g/mol. The second kappa shape index (κ2) is 9.27. The zero-order valence-electron chi connectivity index (χ0n) is 14.5. The molecular weight excluding hydrogens is 367 g/mol. The Kier molecular flexibility index (Phi) is 7.33. The number of unbranched alkanes of at least 4 members (excludes halogenated alkanes) is 1. The SMILES string of the molecule is CCCCn1c(SCC(=O)NCCCO)nc2cc(C(F)(F)F)ccc21. The highest BCUT2D eigenvalue weighted by Crippen LogP contribution is 2.33. The van der Waals surface area contributed by atoms with Gasteiger partial charge in [0.1, 0.15) is 0 Å². The normalized spacial score (nSPS) is 11.9. The minimum atomic E-state index is -4.42. The van der Waals surface area contributed by atoms with Crippen LogP contribution >= 0.6 is 11.8 Å². The molecule has 0 atom stereocenters. The third-order valence-electron chi connectivity index (χ3n) is 3.77. The van der Waals surface area contributed by atoms with Gasteiger partial charge in [-0.2, -0.15) is 13.2 Å². The summed E-state index contributed by atoms with van der Waals surface area (Å²) in [7, 11) is 0. The molecule has 1 aromatic heterocycles. The number of aryl methyl sites for hydroxylation is 1. The molecule has 1 heterocycles. The molecule has 0 fully saturated rings. The fraction of sp³-hybridized carbons (Fsp3) is 0.529. The lowest BCUT2D eigenvalue weighted by atomic mass is 10.2. The average Bonchev–Trinajstić information content (AvgIpc) is 2.94. The number of alkyl halides is 3. The van der Waals surface area contributed by atoms with Crippen LogP contribution in [0.15, 0.2) is 23.4 Å². The van der Waals surface area contributed by atoms with Crippen molar-refractivity contribution in [1.29, 1.82) is 0 Å². The average molecular weight is 389 g/mol. The summed E-state index contributed by atoms with van der Waals surface area (Å²) in [5.41, 5.74) is 0.178. The third-order valence-corrected chi connectivity index (χ3v) is 4.74. The molecule has 0 bridgehead atoms. The maximum atomic E-state index is 12.9. The van der Waals surface area contributed by atoms with Gasteiger partial charge >= 0.3 is 6.18 Å². The zero-order valence-corrected chi connectivity index (χ0v) is 15.3. The molecule has 2 rings (SSSR count). The maximum Gasteiger partial charge on any atom is 0.416 e. The molecule has 0 radical (unpaired) electrons. The standard InChI is InChI=1S/C17H22F3N3O2S/c1-2-3-8-23-14-6-5-12(17(18,19)20)10-13(14)22-16(23)26-11-15(25)21-7-4-9-24/h5-6,10,24H,2-4,7-9,11H2,1H3,(H,21,25). The van der Waals surface area contributed by atoms with Crippen molar-refractivity contribution in [2.45, 2.75) is 44.1 Å². The summed E-state index contributed by atoms with van der Waals surface area (Å²) >= 11 is 1.20. The minimum Gasteiger partial charge on any atom is -0.396 e. The van der Waals surface area contributed by atoms with Crippen LogP contribution in [0.2, 0.25) is 0 Å². The van der Waals surface area contributed by atoms with Crippen LogP contribution in [-0.2, 0) is 17.5 Å². The molecule has 0 aliphatic carbocycles. The van der Waals surface area contributed by atoms with Crippen LogP contribution in [0.1, 0.15) is 31.7 Å². The molecular formula is C17H22F3N3O2S. The van der Waals surface area contributed by atoms with Gasteiger partial charge in [0.25, 0.3) is 0 Å². The Hall–Kier alpha value is -1.74. The topological polar surface area (TPSA) is 67.2 Å². The van der Waals surface area contributed by atoms with E-state index in [2.05, 4.69) is 10.3 Å². The number of carbonyl (C=O) groups is 1. The third kappa shape index (κ3) is 5.38. The quantitative estimate of drug-likeness (QED) is 0.509. The van der Waals surface area contributed by atoms with Crippen LogP contribution in [0.4, 0.5) is 13.2 Å². The number of hydrogen-bond acceptors (Lipinski definition) is 4. The molecule has 1 aromatic carbocycles. The predicted molar refractivity (Wildman–Crippen MR) is 95.1 cm³/mol. The van der Waals surface area contributed by atoms with Crippen LogP contribution in [0.5, 0.6) is 0 Å². The van der Waals surface area contributed by atoms with E-state index in [0.717, 1.165) is 25.0 Å². The number of aliphatic hydroxyl groups is 1. The number of benzene rings is 1. The van der Waals surface area contributed by atoms with Gasteiger partial charge in [0.05, 0.1) is 22.3 Å². The number of hydrogen-bond donors (Lipinski definition) is 2. The number of fused-ring (bicyclic) bond motifs is 1. The Morgan fingerprint density at radius 1 is 1.35 bits per heavy atom. The Balaban J connectivity index is 2.21. The number of rotatable bonds is 9. The van der Waals surface area contributed by atoms with Crippen LogP contribution in [-0.4, -0.2) is 39.5 Å². The predicted octanol–water partition coefficient (Wildman–Crippen LogP) is 3.45. The Bertz CT molecular complexity index is 747. The summed E-state index contributed by atoms with van der Waals surface area (Å²) in [6.45, 7) is 3.05. The summed E-state index contributed by atoms with van der Waals surface area (Å²) < 4.78 is 40.6. The smallest absolute Gasteiger partial charge is 0.396 e. The van der Waals surface area contributed by atoms with E-state index in [1.165, 1.54) is 17.8 Å². The number of nitrogens with zero attached hydrogens (tertiary/aromatic N) is 2. The molecule has 2 aromatic rings. The number of amides is 1. The number of imidazole rings is 1. The molecule has 26 heavy (non-hydrogen) atoms. The van der Waals surface area contributed by atoms with Crippen LogP contribution < -0.4 is 5.32 Å². The second-order valence-electron chi connectivity index (χ2n) is 5.82. The summed E-state index contributed by atoms with van der Waals surface area (Å²) in [6.07, 6.45) is -2.14. The van der Waals surface area contributed by atoms with Crippen LogP contribution in [0.3, 0.4) is 0 Å². The highest BCUT2D eigenvalue weighted by molar-refractivity contribution is 7.99. The number of halogens is 3. The summed E-state index contributed by atoms with van der Waals surface area (Å²) in [4.78, 5) is 16.1. The first-order chi connectivity index (χ1) is 12.4. The summed E-state index contributed by atoms with van der Waals surface area (Å²) in [6, 6.07) is 3.54. The fourth-order valence-corrected chi connectivity index (χ4v) is 3.29. The number of nitrogens with one attached hydrogen (secondary N) is 1. The molecule has 0 spiro atoms. The van der Waals surface area contributed by atoms with Crippen LogP contribution in [0, 0.1) is 0 Å². The van der Waals surface area contributed by atoms with Crippen LogP contribution in [0.25, 0.3) is 11.0 Å². The zero-order chi connectivity index (χ0) is 19.2. The molecule has 0 aliphatic rings. The van der Waals surface area contributed by atoms with E-state index in [4.69, 9.17) is 5.11 Å². The van der Waals surface area contributed by atoms with Gasteiger partial charge < -0.3 is 15.0 Å². The van der Waals surface area contributed by atoms with E-state index in [1.807, 2.05) is 11.5 Å². The molecule has 5 nitrogen and oxygen atoms in total. The van der Waals surface area contributed by atoms with Crippen molar-refractivity contribution in [3.8, 4) is 0 Å². The van der Waals surface area contributed by atoms with Crippen molar-refractivity contribution in [2.24, 2.45) is 0 Å². The first-order valence-corrected chi connectivity index (χ1v) is 9.43. The van der Waals surface area contributed by atoms with E-state index < -0.39 is 11.7 Å². The Labute approximate surface area is 154 Å². The number of aliphatic hydroxyl groups excluding tert-OH is 1. The van der Waals surface area contributed by atoms with Gasteiger partial charge in [-0.3, -0.25) is 4.79 Å². The number of aromatic nitrogens is 2. The molecule has 0 aliphatic heterocycles. The Morgan fingerprint density at radius 3 is 2.77 bits per heavy atom. The van der Waals surface area contributed by atoms with Gasteiger partial charge in [-0.25, -0.2) is 4.98 Å². The van der Waals surface area contributed by atoms with E-state index in [-0.39, 0.29) is 23.8 Å². The lowest BCUT2D eigenvalue weighted by Gasteiger charge is -2.09. The van der Waals surface area contributed by atoms with Gasteiger partial charge in [-0.1, -0.05) is 25.1 Å². The molecule has 2 N–H and O–H groups in total. The molecule has 1 amide bonds. The van der Waals surface area contributed by atoms with Crippen molar-refractivity contribution in [2.75, 3.05) is 18.9 Å². The maximum absolute atomic E-state index is 12.9. The van der Waals surface area contributed by atoms with Crippen molar-refractivity contribution in [1.82, 2.24) is 14.9 Å². The van der Waals surface area contributed by atoms with Crippen molar-refractivity contribution < 1.29 is 23.1 Å². The molecule has 0 saturated heterocycles. The van der Waals surface area contributed by atoms with Crippen molar-refractivity contribution in [3.05, 3.63) is 23.8 Å². The molecule has 144 valence electrons. The van der Waals surface area contributed by atoms with E-state index in [0.29, 0.717) is 30.2 Å². The first-order valence-electron chi connectivity index (χ1n) is 8.44. The van der Waals surface area contributed by atoms with Gasteiger partial charge in [0, 0.05) is 19.7 Å². The van der Waals surface area contributed by atoms with Gasteiger partial charge in [-0.05, 0) is 31.0 Å². The van der Waals surface area contributed by atoms with Crippen molar-refractivity contribution >= 4 is 28.7 Å². The van der Waals surface area contributed by atoms with E-state index in [9.17, 15) is 18.0 Å². The summed E-state index contributed by atoms with van der Waals surface area (Å²) in [5.74, 6) is -0.0824. The second-order valence-corrected chi connectivity index (χ2v) is 6.76. The highest BCUT2D eigenvalue weighted by atomic mass is 32.2. The molecule has 9 heteroatoms. The van der Waals surface area contributed by atoms with Crippen molar-refractivity contribution in [3.63, 3.8) is 0 Å². The lowest BCUT2D eigenvalue weighted by molar-refractivity contribution is -0.137. The molecule has 0 saturated carbocycles. The minimum absolute atomic E-state index is 0.00176. The molecule has 0 unspecified atom stereocenters. The van der Waals surface area contributed by atoms with Gasteiger partial charge in [0.15, 0.2) is 5.16 Å². The van der Waals surface area contributed by atoms with E-state index >= 15 is 0 Å². The van der Waals surface area contributed by atoms with Gasteiger partial charge in [0.2, 0.25) is 5.91 Å². The number of carbonyl (C=O) groups excluding carboxylic acids is 1. The summed E-state index contributed by atoms with van der Waals surface area (Å²) in [5, 5.41) is 11.9. The Morgan fingerprint density at radius 2 is 2.12 bits per heavy atom. The lowest BCUT2D eigenvalue weighted by Crippen LogP contribution is -2.26. The largest absolute Gasteiger partial charge is 0.416 e. The van der Waals surface area contributed by atoms with Gasteiger partial charge in [-0.15, -0.1) is 0 Å².